The molecule has 0 aliphatic heterocycles. The molecule has 0 radical (unpaired) electrons. The van der Waals surface area contributed by atoms with Crippen molar-refractivity contribution >= 4 is 5.97 Å². The van der Waals surface area contributed by atoms with Crippen molar-refractivity contribution in [1.82, 2.24) is 4.90 Å². The van der Waals surface area contributed by atoms with E-state index < -0.39 is 5.97 Å². The summed E-state index contributed by atoms with van der Waals surface area (Å²) in [5, 5.41) is 8.97. The van der Waals surface area contributed by atoms with Crippen LogP contribution in [-0.4, -0.2) is 35.6 Å². The minimum absolute atomic E-state index is 0.148. The van der Waals surface area contributed by atoms with Gasteiger partial charge in [-0.1, -0.05) is 0 Å². The molecule has 0 saturated heterocycles. The van der Waals surface area contributed by atoms with Crippen LogP contribution in [0.2, 0.25) is 0 Å². The first kappa shape index (κ1) is 11.5. The molecule has 3 nitrogen and oxygen atoms in total. The summed E-state index contributed by atoms with van der Waals surface area (Å²) in [6, 6.07) is 0. The largest absolute Gasteiger partial charge is 0.481 e. The van der Waals surface area contributed by atoms with Crippen molar-refractivity contribution in [3.05, 3.63) is 0 Å². The zero-order chi connectivity index (χ0) is 11.9. The smallest absolute Gasteiger partial charge is 0.303 e. The van der Waals surface area contributed by atoms with Crippen LogP contribution in [0.15, 0.2) is 0 Å². The van der Waals surface area contributed by atoms with Gasteiger partial charge in [0.25, 0.3) is 0 Å². The van der Waals surface area contributed by atoms with Crippen molar-refractivity contribution in [2.45, 2.75) is 44.9 Å². The lowest BCUT2D eigenvalue weighted by atomic mass is 10.0. The second-order valence-electron chi connectivity index (χ2n) is 6.65. The van der Waals surface area contributed by atoms with Gasteiger partial charge in [0, 0.05) is 19.6 Å². The molecule has 3 saturated carbocycles. The molecule has 0 bridgehead atoms. The Morgan fingerprint density at radius 3 is 2.00 bits per heavy atom. The lowest BCUT2D eigenvalue weighted by Gasteiger charge is -2.26. The third-order valence-corrected chi connectivity index (χ3v) is 4.47. The van der Waals surface area contributed by atoms with Gasteiger partial charge in [0.15, 0.2) is 0 Å². The molecule has 3 aliphatic carbocycles. The maximum atomic E-state index is 10.9. The zero-order valence-corrected chi connectivity index (χ0v) is 10.5. The number of carboxylic acids is 1. The van der Waals surface area contributed by atoms with Gasteiger partial charge in [0.05, 0.1) is 6.42 Å². The normalized spacial score (nSPS) is 26.2. The Balaban J connectivity index is 1.52. The Kier molecular flexibility index (Phi) is 2.89. The highest BCUT2D eigenvalue weighted by Crippen LogP contribution is 2.50. The highest BCUT2D eigenvalue weighted by atomic mass is 16.4. The number of carbonyl (C=O) groups is 1. The minimum Gasteiger partial charge on any atom is -0.481 e. The molecule has 3 heteroatoms. The van der Waals surface area contributed by atoms with E-state index in [1.807, 2.05) is 0 Å². The Labute approximate surface area is 103 Å². The second-order valence-corrected chi connectivity index (χ2v) is 6.65. The van der Waals surface area contributed by atoms with Gasteiger partial charge in [-0.3, -0.25) is 4.79 Å². The van der Waals surface area contributed by atoms with Gasteiger partial charge < -0.3 is 10.0 Å². The summed E-state index contributed by atoms with van der Waals surface area (Å²) in [5.41, 5.74) is 0.148. The van der Waals surface area contributed by atoms with E-state index in [0.29, 0.717) is 6.42 Å². The molecule has 17 heavy (non-hydrogen) atoms. The summed E-state index contributed by atoms with van der Waals surface area (Å²) in [6.07, 6.45) is 8.23. The molecule has 0 atom stereocenters. The average molecular weight is 237 g/mol. The summed E-state index contributed by atoms with van der Waals surface area (Å²) >= 11 is 0. The van der Waals surface area contributed by atoms with Gasteiger partial charge in [-0.15, -0.1) is 0 Å². The van der Waals surface area contributed by atoms with E-state index >= 15 is 0 Å². The Hall–Kier alpha value is -0.570. The summed E-state index contributed by atoms with van der Waals surface area (Å²) in [6.45, 7) is 3.52. The number of hydrogen-bond acceptors (Lipinski definition) is 2. The molecule has 3 rings (SSSR count). The molecule has 0 aromatic rings. The fraction of sp³-hybridized carbons (Fsp3) is 0.929. The molecule has 0 spiro atoms. The third kappa shape index (κ3) is 3.44. The number of hydrogen-bond donors (Lipinski definition) is 1. The van der Waals surface area contributed by atoms with E-state index in [2.05, 4.69) is 4.90 Å². The third-order valence-electron chi connectivity index (χ3n) is 4.47. The minimum atomic E-state index is -0.611. The highest BCUT2D eigenvalue weighted by Gasteiger charge is 2.46. The van der Waals surface area contributed by atoms with E-state index in [9.17, 15) is 4.79 Å². The average Bonchev–Trinajstić information content (AvgIpc) is 3.03. The Bertz CT molecular complexity index is 289. The van der Waals surface area contributed by atoms with Crippen molar-refractivity contribution < 1.29 is 9.90 Å². The first-order valence-corrected chi connectivity index (χ1v) is 7.09. The molecule has 0 aromatic heterocycles. The summed E-state index contributed by atoms with van der Waals surface area (Å²) in [7, 11) is 0. The second kappa shape index (κ2) is 4.27. The fourth-order valence-electron chi connectivity index (χ4n) is 2.90. The van der Waals surface area contributed by atoms with Crippen LogP contribution in [0.1, 0.15) is 44.9 Å². The van der Waals surface area contributed by atoms with Gasteiger partial charge in [0.2, 0.25) is 0 Å². The molecule has 3 aliphatic rings. The number of aliphatic carboxylic acids is 1. The van der Waals surface area contributed by atoms with Gasteiger partial charge in [0.1, 0.15) is 0 Å². The quantitative estimate of drug-likeness (QED) is 0.704. The maximum Gasteiger partial charge on any atom is 0.303 e. The van der Waals surface area contributed by atoms with E-state index in [0.717, 1.165) is 31.2 Å². The molecule has 1 N–H and O–H groups in total. The highest BCUT2D eigenvalue weighted by molar-refractivity contribution is 5.68. The number of rotatable bonds is 8. The SMILES string of the molecule is O=C(O)CC1(CN(CC2CC2)CC2CC2)CC1. The molecule has 3 fully saturated rings. The Morgan fingerprint density at radius 2 is 1.65 bits per heavy atom. The van der Waals surface area contributed by atoms with Gasteiger partial charge in [-0.2, -0.15) is 0 Å². The van der Waals surface area contributed by atoms with E-state index in [1.54, 1.807) is 0 Å². The number of carboxylic acid groups (broad SMARTS) is 1. The monoisotopic (exact) mass is 237 g/mol. The van der Waals surface area contributed by atoms with Crippen LogP contribution in [0.4, 0.5) is 0 Å². The summed E-state index contributed by atoms with van der Waals surface area (Å²) in [5.74, 6) is 1.24. The summed E-state index contributed by atoms with van der Waals surface area (Å²) in [4.78, 5) is 13.5. The predicted molar refractivity (Wildman–Crippen MR) is 65.8 cm³/mol. The molecule has 0 amide bonds. The van der Waals surface area contributed by atoms with Gasteiger partial charge in [-0.25, -0.2) is 0 Å². The molecule has 0 unspecified atom stereocenters. The van der Waals surface area contributed by atoms with Crippen molar-refractivity contribution in [3.8, 4) is 0 Å². The van der Waals surface area contributed by atoms with Crippen LogP contribution in [0.5, 0.6) is 0 Å². The molecule has 96 valence electrons. The van der Waals surface area contributed by atoms with Crippen LogP contribution in [0, 0.1) is 17.3 Å². The van der Waals surface area contributed by atoms with Crippen LogP contribution < -0.4 is 0 Å². The van der Waals surface area contributed by atoms with Crippen LogP contribution >= 0.6 is 0 Å². The zero-order valence-electron chi connectivity index (χ0n) is 10.5. The fourth-order valence-corrected chi connectivity index (χ4v) is 2.90. The van der Waals surface area contributed by atoms with E-state index in [-0.39, 0.29) is 5.41 Å². The molecule has 0 aromatic carbocycles. The number of nitrogens with zero attached hydrogens (tertiary/aromatic N) is 1. The van der Waals surface area contributed by atoms with Crippen molar-refractivity contribution in [2.24, 2.45) is 17.3 Å². The van der Waals surface area contributed by atoms with E-state index in [1.165, 1.54) is 38.8 Å². The Morgan fingerprint density at radius 1 is 1.12 bits per heavy atom. The topological polar surface area (TPSA) is 40.5 Å². The van der Waals surface area contributed by atoms with Crippen molar-refractivity contribution in [3.63, 3.8) is 0 Å². The van der Waals surface area contributed by atoms with Gasteiger partial charge >= 0.3 is 5.97 Å². The molecule has 0 heterocycles. The lowest BCUT2D eigenvalue weighted by molar-refractivity contribution is -0.138. The lowest BCUT2D eigenvalue weighted by Crippen LogP contribution is -2.35. The van der Waals surface area contributed by atoms with Crippen molar-refractivity contribution in [1.29, 1.82) is 0 Å². The molecular weight excluding hydrogens is 214 g/mol. The van der Waals surface area contributed by atoms with Gasteiger partial charge in [-0.05, 0) is 55.8 Å². The van der Waals surface area contributed by atoms with Crippen molar-refractivity contribution in [2.75, 3.05) is 19.6 Å². The summed E-state index contributed by atoms with van der Waals surface area (Å²) < 4.78 is 0. The van der Waals surface area contributed by atoms with Crippen LogP contribution in [-0.2, 0) is 4.79 Å². The first-order chi connectivity index (χ1) is 8.15. The van der Waals surface area contributed by atoms with Crippen LogP contribution in [0.3, 0.4) is 0 Å². The molecular formula is C14H23NO2. The standard InChI is InChI=1S/C14H23NO2/c16-13(17)7-14(5-6-14)10-15(8-11-1-2-11)9-12-3-4-12/h11-12H,1-10H2,(H,16,17). The van der Waals surface area contributed by atoms with E-state index in [4.69, 9.17) is 5.11 Å². The van der Waals surface area contributed by atoms with Crippen LogP contribution in [0.25, 0.3) is 0 Å². The maximum absolute atomic E-state index is 10.9. The first-order valence-electron chi connectivity index (χ1n) is 7.09. The predicted octanol–water partition coefficient (Wildman–Crippen LogP) is 2.36.